The Labute approximate surface area is 118 Å². The van der Waals surface area contributed by atoms with Crippen molar-refractivity contribution >= 4 is 17.9 Å². The zero-order valence-corrected chi connectivity index (χ0v) is 12.7. The zero-order chi connectivity index (χ0) is 15.6. The van der Waals surface area contributed by atoms with E-state index in [2.05, 4.69) is 10.4 Å². The number of nitrogens with one attached hydrogen (secondary N) is 1. The Hall–Kier alpha value is -2.05. The summed E-state index contributed by atoms with van der Waals surface area (Å²) in [6, 6.07) is 0. The van der Waals surface area contributed by atoms with Crippen LogP contribution in [0.15, 0.2) is 12.4 Å². The second-order valence-corrected chi connectivity index (χ2v) is 6.28. The Morgan fingerprint density at radius 2 is 1.65 bits per heavy atom. The van der Waals surface area contributed by atoms with Crippen molar-refractivity contribution in [3.05, 3.63) is 12.4 Å². The van der Waals surface area contributed by atoms with Gasteiger partial charge in [-0.2, -0.15) is 9.78 Å². The molecule has 0 radical (unpaired) electrons. The van der Waals surface area contributed by atoms with E-state index < -0.39 is 23.4 Å². The molecule has 0 spiro atoms. The number of ether oxygens (including phenoxy) is 2. The Balaban J connectivity index is 2.64. The predicted octanol–water partition coefficient (Wildman–Crippen LogP) is 3.01. The molecule has 0 saturated carbocycles. The van der Waals surface area contributed by atoms with E-state index in [1.165, 1.54) is 12.4 Å². The largest absolute Gasteiger partial charge is 0.444 e. The highest BCUT2D eigenvalue weighted by atomic mass is 16.6. The number of anilines is 1. The van der Waals surface area contributed by atoms with Gasteiger partial charge in [0.15, 0.2) is 0 Å². The molecule has 0 aliphatic heterocycles. The van der Waals surface area contributed by atoms with Gasteiger partial charge >= 0.3 is 12.2 Å². The minimum absolute atomic E-state index is 0.352. The van der Waals surface area contributed by atoms with Crippen LogP contribution >= 0.6 is 0 Å². The molecule has 20 heavy (non-hydrogen) atoms. The highest BCUT2D eigenvalue weighted by Gasteiger charge is 2.20. The maximum Gasteiger partial charge on any atom is 0.435 e. The third kappa shape index (κ3) is 5.73. The van der Waals surface area contributed by atoms with Crippen LogP contribution < -0.4 is 5.32 Å². The van der Waals surface area contributed by atoms with Crippen LogP contribution in [0, 0.1) is 0 Å². The van der Waals surface area contributed by atoms with Crippen molar-refractivity contribution in [2.75, 3.05) is 5.32 Å². The molecule has 0 unspecified atom stereocenters. The van der Waals surface area contributed by atoms with Gasteiger partial charge in [0.1, 0.15) is 11.2 Å². The number of nitrogens with zero attached hydrogens (tertiary/aromatic N) is 2. The van der Waals surface area contributed by atoms with Gasteiger partial charge in [0.25, 0.3) is 0 Å². The van der Waals surface area contributed by atoms with Crippen molar-refractivity contribution in [3.8, 4) is 0 Å². The summed E-state index contributed by atoms with van der Waals surface area (Å²) in [4.78, 5) is 23.3. The van der Waals surface area contributed by atoms with Gasteiger partial charge < -0.3 is 9.47 Å². The zero-order valence-electron chi connectivity index (χ0n) is 12.7. The van der Waals surface area contributed by atoms with E-state index in [1.54, 1.807) is 41.5 Å². The molecule has 1 aromatic rings. The molecule has 1 N–H and O–H groups in total. The molecular weight excluding hydrogens is 262 g/mol. The first-order valence-corrected chi connectivity index (χ1v) is 6.24. The van der Waals surface area contributed by atoms with Gasteiger partial charge in [-0.1, -0.05) is 0 Å². The first-order chi connectivity index (χ1) is 8.96. The van der Waals surface area contributed by atoms with Crippen molar-refractivity contribution in [3.63, 3.8) is 0 Å². The van der Waals surface area contributed by atoms with E-state index in [1.807, 2.05) is 0 Å². The summed E-state index contributed by atoms with van der Waals surface area (Å²) < 4.78 is 11.2. The maximum atomic E-state index is 11.7. The standard InChI is InChI=1S/C13H21N3O4/c1-12(2,3)19-10(17)15-9-7-14-16(8-9)11(18)20-13(4,5)6/h7-8H,1-6H3,(H,15,17). The lowest BCUT2D eigenvalue weighted by Crippen LogP contribution is -2.28. The van der Waals surface area contributed by atoms with Crippen LogP contribution in [0.3, 0.4) is 0 Å². The van der Waals surface area contributed by atoms with Crippen LogP contribution in [0.1, 0.15) is 41.5 Å². The summed E-state index contributed by atoms with van der Waals surface area (Å²) in [6.45, 7) is 10.6. The minimum atomic E-state index is -0.616. The van der Waals surface area contributed by atoms with Crippen molar-refractivity contribution in [1.29, 1.82) is 0 Å². The molecule has 1 amide bonds. The molecule has 7 heteroatoms. The molecule has 0 fully saturated rings. The number of hydrogen-bond donors (Lipinski definition) is 1. The highest BCUT2D eigenvalue weighted by molar-refractivity contribution is 5.85. The number of aromatic nitrogens is 2. The Morgan fingerprint density at radius 1 is 1.10 bits per heavy atom. The number of amides is 1. The number of carbonyl (C=O) groups is 2. The lowest BCUT2D eigenvalue weighted by Gasteiger charge is -2.19. The molecular formula is C13H21N3O4. The van der Waals surface area contributed by atoms with Gasteiger partial charge in [-0.3, -0.25) is 5.32 Å². The van der Waals surface area contributed by atoms with Crippen LogP contribution in [0.25, 0.3) is 0 Å². The summed E-state index contributed by atoms with van der Waals surface area (Å²) in [6.07, 6.45) is 1.47. The molecule has 1 aromatic heterocycles. The molecule has 0 saturated heterocycles. The average Bonchev–Trinajstić information content (AvgIpc) is 2.59. The Bertz CT molecular complexity index is 494. The van der Waals surface area contributed by atoms with Gasteiger partial charge in [-0.15, -0.1) is 0 Å². The van der Waals surface area contributed by atoms with E-state index >= 15 is 0 Å². The second-order valence-electron chi connectivity index (χ2n) is 6.28. The predicted molar refractivity (Wildman–Crippen MR) is 73.7 cm³/mol. The molecule has 112 valence electrons. The fraction of sp³-hybridized carbons (Fsp3) is 0.615. The lowest BCUT2D eigenvalue weighted by atomic mass is 10.2. The summed E-state index contributed by atoms with van der Waals surface area (Å²) in [5, 5.41) is 6.31. The maximum absolute atomic E-state index is 11.7. The number of carbonyl (C=O) groups excluding carboxylic acids is 2. The molecule has 1 heterocycles. The van der Waals surface area contributed by atoms with Crippen LogP contribution in [0.4, 0.5) is 15.3 Å². The van der Waals surface area contributed by atoms with Crippen LogP contribution in [-0.4, -0.2) is 33.2 Å². The molecule has 1 rings (SSSR count). The number of rotatable bonds is 1. The molecule has 0 atom stereocenters. The fourth-order valence-electron chi connectivity index (χ4n) is 1.22. The highest BCUT2D eigenvalue weighted by Crippen LogP contribution is 2.13. The summed E-state index contributed by atoms with van der Waals surface area (Å²) in [5.41, 5.74) is -0.849. The van der Waals surface area contributed by atoms with E-state index in [0.717, 1.165) is 4.68 Å². The lowest BCUT2D eigenvalue weighted by molar-refractivity contribution is 0.0513. The van der Waals surface area contributed by atoms with Gasteiger partial charge in [0.2, 0.25) is 0 Å². The third-order valence-corrected chi connectivity index (χ3v) is 1.81. The van der Waals surface area contributed by atoms with Gasteiger partial charge in [-0.05, 0) is 41.5 Å². The first-order valence-electron chi connectivity index (χ1n) is 6.24. The van der Waals surface area contributed by atoms with Gasteiger partial charge in [0.05, 0.1) is 18.1 Å². The summed E-state index contributed by atoms with van der Waals surface area (Å²) in [5.74, 6) is 0. The monoisotopic (exact) mass is 283 g/mol. The second kappa shape index (κ2) is 5.52. The first kappa shape index (κ1) is 16.0. The minimum Gasteiger partial charge on any atom is -0.444 e. The van der Waals surface area contributed by atoms with Crippen molar-refractivity contribution in [2.24, 2.45) is 0 Å². The Morgan fingerprint density at radius 3 is 2.15 bits per heavy atom. The van der Waals surface area contributed by atoms with Crippen LogP contribution in [0.5, 0.6) is 0 Å². The summed E-state index contributed by atoms with van der Waals surface area (Å²) >= 11 is 0. The van der Waals surface area contributed by atoms with Crippen molar-refractivity contribution in [2.45, 2.75) is 52.7 Å². The fourth-order valence-corrected chi connectivity index (χ4v) is 1.22. The SMILES string of the molecule is CC(C)(C)OC(=O)Nc1cnn(C(=O)OC(C)(C)C)c1. The van der Waals surface area contributed by atoms with E-state index in [4.69, 9.17) is 9.47 Å². The van der Waals surface area contributed by atoms with Gasteiger partial charge in [-0.25, -0.2) is 9.59 Å². The Kier molecular flexibility index (Phi) is 4.42. The molecule has 0 aliphatic carbocycles. The summed E-state index contributed by atoms with van der Waals surface area (Å²) in [7, 11) is 0. The normalized spacial score (nSPS) is 11.9. The third-order valence-electron chi connectivity index (χ3n) is 1.81. The van der Waals surface area contributed by atoms with Crippen LogP contribution in [-0.2, 0) is 9.47 Å². The quantitative estimate of drug-likeness (QED) is 0.856. The molecule has 0 aliphatic rings. The topological polar surface area (TPSA) is 82.5 Å². The van der Waals surface area contributed by atoms with E-state index in [0.29, 0.717) is 5.69 Å². The molecule has 0 bridgehead atoms. The molecule has 0 aromatic carbocycles. The van der Waals surface area contributed by atoms with E-state index in [-0.39, 0.29) is 0 Å². The molecule has 7 nitrogen and oxygen atoms in total. The number of hydrogen-bond acceptors (Lipinski definition) is 5. The van der Waals surface area contributed by atoms with Crippen LogP contribution in [0.2, 0.25) is 0 Å². The smallest absolute Gasteiger partial charge is 0.435 e. The van der Waals surface area contributed by atoms with E-state index in [9.17, 15) is 9.59 Å². The van der Waals surface area contributed by atoms with Crippen molar-refractivity contribution in [1.82, 2.24) is 9.78 Å². The van der Waals surface area contributed by atoms with Crippen molar-refractivity contribution < 1.29 is 19.1 Å². The average molecular weight is 283 g/mol. The van der Waals surface area contributed by atoms with Gasteiger partial charge in [0, 0.05) is 0 Å².